The van der Waals surface area contributed by atoms with E-state index in [0.717, 1.165) is 0 Å². The van der Waals surface area contributed by atoms with E-state index in [4.69, 9.17) is 14.2 Å². The molecule has 0 saturated heterocycles. The average molecular weight is 397 g/mol. The molecular formula is C21H21N2O6+. The minimum Gasteiger partial charge on any atom is -0.508 e. The molecule has 3 aromatic rings. The van der Waals surface area contributed by atoms with Gasteiger partial charge in [-0.25, -0.2) is 4.57 Å². The summed E-state index contributed by atoms with van der Waals surface area (Å²) >= 11 is 0. The molecule has 1 heterocycles. The molecule has 0 saturated carbocycles. The molecule has 1 atom stereocenters. The maximum atomic E-state index is 13.2. The van der Waals surface area contributed by atoms with Crippen LogP contribution >= 0.6 is 0 Å². The molecule has 1 N–H and O–H groups in total. The van der Waals surface area contributed by atoms with Gasteiger partial charge in [-0.1, -0.05) is 12.1 Å². The van der Waals surface area contributed by atoms with Crippen LogP contribution in [0.1, 0.15) is 22.0 Å². The molecule has 1 unspecified atom stereocenters. The van der Waals surface area contributed by atoms with Gasteiger partial charge in [-0.3, -0.25) is 4.79 Å². The number of imidazole rings is 1. The van der Waals surface area contributed by atoms with Crippen LogP contribution in [-0.4, -0.2) is 35.8 Å². The number of aryl methyl sites for hydroxylation is 1. The molecular weight excluding hydrogens is 376 g/mol. The quantitative estimate of drug-likeness (QED) is 0.508. The fourth-order valence-electron chi connectivity index (χ4n) is 2.78. The third kappa shape index (κ3) is 4.55. The normalized spacial score (nSPS) is 11.6. The maximum Gasteiger partial charge on any atom is 0.512 e. The zero-order chi connectivity index (χ0) is 21.0. The number of ketones is 1. The predicted molar refractivity (Wildman–Crippen MR) is 102 cm³/mol. The number of methoxy groups -OCH3 is 2. The second-order valence-corrected chi connectivity index (χ2v) is 6.31. The van der Waals surface area contributed by atoms with Gasteiger partial charge in [0.1, 0.15) is 29.6 Å². The number of phenolic OH excluding ortho intramolecular Hbond substituents is 1. The standard InChI is InChI=1S/C21H20N2O6/c1-22-7-8-23(13-22)21(26)29-20(19(25)14-5-4-6-16(24)9-14)15-10-17(27-2)12-18(11-15)28-3/h4-13,20H,1-3H3/p+1. The predicted octanol–water partition coefficient (Wildman–Crippen LogP) is 2.64. The van der Waals surface area contributed by atoms with E-state index in [1.807, 2.05) is 0 Å². The van der Waals surface area contributed by atoms with E-state index in [1.165, 1.54) is 49.5 Å². The van der Waals surface area contributed by atoms with E-state index in [-0.39, 0.29) is 11.3 Å². The van der Waals surface area contributed by atoms with Crippen molar-refractivity contribution < 1.29 is 33.5 Å². The Balaban J connectivity index is 2.03. The first-order valence-corrected chi connectivity index (χ1v) is 8.71. The third-order valence-corrected chi connectivity index (χ3v) is 4.24. The molecule has 0 aliphatic rings. The third-order valence-electron chi connectivity index (χ3n) is 4.24. The summed E-state index contributed by atoms with van der Waals surface area (Å²) in [6.45, 7) is 0. The van der Waals surface area contributed by atoms with Gasteiger partial charge in [0.25, 0.3) is 6.33 Å². The highest BCUT2D eigenvalue weighted by Gasteiger charge is 2.30. The molecule has 1 aromatic heterocycles. The van der Waals surface area contributed by atoms with Crippen LogP contribution < -0.4 is 14.0 Å². The number of aromatic hydroxyl groups is 1. The van der Waals surface area contributed by atoms with E-state index in [2.05, 4.69) is 0 Å². The number of hydrogen-bond acceptors (Lipinski definition) is 6. The molecule has 29 heavy (non-hydrogen) atoms. The van der Waals surface area contributed by atoms with Crippen molar-refractivity contribution in [2.75, 3.05) is 14.2 Å². The van der Waals surface area contributed by atoms with Crippen molar-refractivity contribution >= 4 is 11.9 Å². The number of rotatable bonds is 6. The molecule has 0 fully saturated rings. The summed E-state index contributed by atoms with van der Waals surface area (Å²) in [5.41, 5.74) is 0.571. The van der Waals surface area contributed by atoms with Gasteiger partial charge < -0.3 is 19.3 Å². The Hall–Kier alpha value is -3.81. The average Bonchev–Trinajstić information content (AvgIpc) is 3.17. The SMILES string of the molecule is COc1cc(OC)cc(C(OC(=O)n2cc[n+](C)c2)C(=O)c2cccc(O)c2)c1. The Kier molecular flexibility index (Phi) is 5.82. The van der Waals surface area contributed by atoms with Gasteiger partial charge in [0.05, 0.1) is 21.3 Å². The molecule has 0 aliphatic heterocycles. The van der Waals surface area contributed by atoms with Crippen LogP contribution in [0.15, 0.2) is 61.2 Å². The number of carbonyl (C=O) groups excluding carboxylic acids is 2. The Morgan fingerprint density at radius 3 is 2.31 bits per heavy atom. The number of benzene rings is 2. The summed E-state index contributed by atoms with van der Waals surface area (Å²) in [5, 5.41) is 9.73. The van der Waals surface area contributed by atoms with Crippen LogP contribution in [0.3, 0.4) is 0 Å². The molecule has 8 nitrogen and oxygen atoms in total. The van der Waals surface area contributed by atoms with Gasteiger partial charge in [0, 0.05) is 17.2 Å². The van der Waals surface area contributed by atoms with Crippen LogP contribution in [-0.2, 0) is 11.8 Å². The molecule has 0 spiro atoms. The Bertz CT molecular complexity index is 1020. The smallest absolute Gasteiger partial charge is 0.508 e. The van der Waals surface area contributed by atoms with E-state index < -0.39 is 18.0 Å². The monoisotopic (exact) mass is 397 g/mol. The van der Waals surface area contributed by atoms with Crippen molar-refractivity contribution in [1.29, 1.82) is 0 Å². The topological polar surface area (TPSA) is 90.9 Å². The van der Waals surface area contributed by atoms with Crippen LogP contribution in [0.5, 0.6) is 17.2 Å². The largest absolute Gasteiger partial charge is 0.512 e. The minimum atomic E-state index is -1.28. The lowest BCUT2D eigenvalue weighted by atomic mass is 9.99. The number of hydrogen-bond donors (Lipinski definition) is 1. The summed E-state index contributed by atoms with van der Waals surface area (Å²) in [6, 6.07) is 10.7. The highest BCUT2D eigenvalue weighted by atomic mass is 16.6. The number of nitrogens with zero attached hydrogens (tertiary/aromatic N) is 2. The lowest BCUT2D eigenvalue weighted by molar-refractivity contribution is -0.670. The molecule has 150 valence electrons. The molecule has 0 bridgehead atoms. The lowest BCUT2D eigenvalue weighted by Crippen LogP contribution is -2.27. The highest BCUT2D eigenvalue weighted by Crippen LogP contribution is 2.31. The van der Waals surface area contributed by atoms with Crippen molar-refractivity contribution in [3.05, 3.63) is 72.3 Å². The van der Waals surface area contributed by atoms with Gasteiger partial charge >= 0.3 is 6.09 Å². The molecule has 3 rings (SSSR count). The van der Waals surface area contributed by atoms with E-state index in [1.54, 1.807) is 42.1 Å². The Morgan fingerprint density at radius 2 is 1.76 bits per heavy atom. The number of carbonyl (C=O) groups is 2. The number of Topliss-reactive ketones (excluding diaryl/α,β-unsaturated/α-hetero) is 1. The van der Waals surface area contributed by atoms with Gasteiger partial charge in [0.2, 0.25) is 5.78 Å². The van der Waals surface area contributed by atoms with Crippen molar-refractivity contribution in [2.24, 2.45) is 7.05 Å². The second kappa shape index (κ2) is 8.47. The summed E-state index contributed by atoms with van der Waals surface area (Å²) in [5.74, 6) is 0.315. The van der Waals surface area contributed by atoms with E-state index in [9.17, 15) is 14.7 Å². The Morgan fingerprint density at radius 1 is 1.07 bits per heavy atom. The summed E-state index contributed by atoms with van der Waals surface area (Å²) < 4.78 is 19.0. The second-order valence-electron chi connectivity index (χ2n) is 6.31. The van der Waals surface area contributed by atoms with Crippen LogP contribution in [0, 0.1) is 0 Å². The van der Waals surface area contributed by atoms with Gasteiger partial charge in [-0.15, -0.1) is 4.57 Å². The van der Waals surface area contributed by atoms with Gasteiger partial charge in [-0.2, -0.15) is 4.79 Å². The molecule has 0 aliphatic carbocycles. The van der Waals surface area contributed by atoms with Crippen LogP contribution in [0.4, 0.5) is 4.79 Å². The van der Waals surface area contributed by atoms with Crippen LogP contribution in [0.25, 0.3) is 0 Å². The summed E-state index contributed by atoms with van der Waals surface area (Å²) in [6.07, 6.45) is 2.70. The molecule has 2 aromatic carbocycles. The number of ether oxygens (including phenoxy) is 3. The first-order chi connectivity index (χ1) is 13.9. The van der Waals surface area contributed by atoms with Crippen molar-refractivity contribution in [3.8, 4) is 17.2 Å². The van der Waals surface area contributed by atoms with Gasteiger partial charge in [0.15, 0.2) is 6.10 Å². The molecule has 8 heteroatoms. The summed E-state index contributed by atoms with van der Waals surface area (Å²) in [7, 11) is 4.72. The number of phenols is 1. The molecule has 0 amide bonds. The Labute approximate surface area is 167 Å². The highest BCUT2D eigenvalue weighted by molar-refractivity contribution is 6.01. The summed E-state index contributed by atoms with van der Waals surface area (Å²) in [4.78, 5) is 25.8. The van der Waals surface area contributed by atoms with Crippen molar-refractivity contribution in [1.82, 2.24) is 4.57 Å². The zero-order valence-electron chi connectivity index (χ0n) is 16.2. The van der Waals surface area contributed by atoms with E-state index in [0.29, 0.717) is 17.1 Å². The van der Waals surface area contributed by atoms with Gasteiger partial charge in [-0.05, 0) is 24.3 Å². The zero-order valence-corrected chi connectivity index (χ0v) is 16.2. The van der Waals surface area contributed by atoms with Crippen molar-refractivity contribution in [3.63, 3.8) is 0 Å². The fourth-order valence-corrected chi connectivity index (χ4v) is 2.78. The minimum absolute atomic E-state index is 0.0680. The molecule has 0 radical (unpaired) electrons. The lowest BCUT2D eigenvalue weighted by Gasteiger charge is -2.18. The fraction of sp³-hybridized carbons (Fsp3) is 0.190. The number of aromatic nitrogens is 2. The maximum absolute atomic E-state index is 13.2. The van der Waals surface area contributed by atoms with E-state index >= 15 is 0 Å². The first-order valence-electron chi connectivity index (χ1n) is 8.71. The van der Waals surface area contributed by atoms with Crippen LogP contribution in [0.2, 0.25) is 0 Å². The first kappa shape index (κ1) is 19.9. The van der Waals surface area contributed by atoms with Crippen molar-refractivity contribution in [2.45, 2.75) is 6.10 Å².